The van der Waals surface area contributed by atoms with Crippen LogP contribution in [0.3, 0.4) is 0 Å². The molecule has 7 heteroatoms. The van der Waals surface area contributed by atoms with Gasteiger partial charge in [-0.25, -0.2) is 4.98 Å². The van der Waals surface area contributed by atoms with E-state index in [0.717, 1.165) is 24.3 Å². The summed E-state index contributed by atoms with van der Waals surface area (Å²) in [6.45, 7) is 3.96. The van der Waals surface area contributed by atoms with Crippen molar-refractivity contribution in [1.82, 2.24) is 10.3 Å². The van der Waals surface area contributed by atoms with Crippen molar-refractivity contribution in [2.75, 3.05) is 5.32 Å². The lowest BCUT2D eigenvalue weighted by molar-refractivity contribution is -0.136. The van der Waals surface area contributed by atoms with Gasteiger partial charge in [0.15, 0.2) is 11.5 Å². The number of nitrogens with zero attached hydrogens (tertiary/aromatic N) is 1. The molecule has 4 rings (SSSR count). The predicted octanol–water partition coefficient (Wildman–Crippen LogP) is 4.81. The zero-order chi connectivity index (χ0) is 20.5. The number of rotatable bonds is 5. The van der Waals surface area contributed by atoms with Gasteiger partial charge in [-0.1, -0.05) is 37.6 Å². The summed E-state index contributed by atoms with van der Waals surface area (Å²) in [4.78, 5) is 29.4. The molecule has 29 heavy (non-hydrogen) atoms. The van der Waals surface area contributed by atoms with Crippen LogP contribution < -0.4 is 10.6 Å². The molecule has 1 saturated carbocycles. The fraction of sp³-hybridized carbons (Fsp3) is 0.318. The van der Waals surface area contributed by atoms with E-state index in [0.29, 0.717) is 27.7 Å². The van der Waals surface area contributed by atoms with Gasteiger partial charge in [0, 0.05) is 16.6 Å². The van der Waals surface area contributed by atoms with Crippen molar-refractivity contribution in [3.63, 3.8) is 0 Å². The first-order valence-electron chi connectivity index (χ1n) is 9.68. The quantitative estimate of drug-likeness (QED) is 0.590. The minimum Gasteiger partial charge on any atom is -0.440 e. The van der Waals surface area contributed by atoms with Crippen LogP contribution in [0.25, 0.3) is 11.1 Å². The smallest absolute Gasteiger partial charge is 0.313 e. The summed E-state index contributed by atoms with van der Waals surface area (Å²) in [5.41, 5.74) is 2.74. The first kappa shape index (κ1) is 19.5. The fourth-order valence-corrected chi connectivity index (χ4v) is 3.35. The van der Waals surface area contributed by atoms with E-state index in [2.05, 4.69) is 15.6 Å². The maximum atomic E-state index is 12.5. The Bertz CT molecular complexity index is 1050. The molecule has 3 aromatic rings. The average molecular weight is 412 g/mol. The van der Waals surface area contributed by atoms with Gasteiger partial charge in [0.25, 0.3) is 0 Å². The fourth-order valence-electron chi connectivity index (χ4n) is 3.23. The van der Waals surface area contributed by atoms with Gasteiger partial charge >= 0.3 is 11.8 Å². The zero-order valence-electron chi connectivity index (χ0n) is 16.2. The van der Waals surface area contributed by atoms with Crippen LogP contribution in [0.1, 0.15) is 50.1 Å². The highest BCUT2D eigenvalue weighted by Crippen LogP contribution is 2.40. The van der Waals surface area contributed by atoms with Crippen molar-refractivity contribution in [3.8, 4) is 0 Å². The van der Waals surface area contributed by atoms with E-state index < -0.39 is 11.8 Å². The molecule has 1 aliphatic rings. The standard InChI is InChI=1S/C22H22ClN3O3/c1-12(2)19(13-5-7-15(23)8-6-13)26-21(28)20(27)24-16-9-10-18-17(11-16)25-22(29-18)14-3-4-14/h5-12,14,19H,3-4H2,1-2H3,(H,24,27)(H,26,28). The summed E-state index contributed by atoms with van der Waals surface area (Å²) in [5.74, 6) is -0.177. The van der Waals surface area contributed by atoms with E-state index in [1.165, 1.54) is 0 Å². The molecule has 1 aliphatic carbocycles. The van der Waals surface area contributed by atoms with Crippen molar-refractivity contribution in [3.05, 3.63) is 58.9 Å². The van der Waals surface area contributed by atoms with Gasteiger partial charge in [0.05, 0.1) is 6.04 Å². The van der Waals surface area contributed by atoms with E-state index in [1.807, 2.05) is 26.0 Å². The Morgan fingerprint density at radius 3 is 2.48 bits per heavy atom. The molecule has 0 spiro atoms. The summed E-state index contributed by atoms with van der Waals surface area (Å²) in [7, 11) is 0. The molecule has 0 aliphatic heterocycles. The van der Waals surface area contributed by atoms with E-state index in [4.69, 9.17) is 16.0 Å². The monoisotopic (exact) mass is 411 g/mol. The van der Waals surface area contributed by atoms with Crippen molar-refractivity contribution < 1.29 is 14.0 Å². The Hall–Kier alpha value is -2.86. The summed E-state index contributed by atoms with van der Waals surface area (Å²) >= 11 is 5.94. The normalized spacial score (nSPS) is 14.8. The number of carbonyl (C=O) groups is 2. The zero-order valence-corrected chi connectivity index (χ0v) is 17.0. The third-order valence-electron chi connectivity index (χ3n) is 4.98. The molecule has 1 fully saturated rings. The van der Waals surface area contributed by atoms with Crippen LogP contribution >= 0.6 is 11.6 Å². The Morgan fingerprint density at radius 2 is 1.83 bits per heavy atom. The van der Waals surface area contributed by atoms with Gasteiger partial charge in [0.1, 0.15) is 5.52 Å². The second-order valence-corrected chi connectivity index (χ2v) is 8.15. The molecule has 2 amide bonds. The Labute approximate surface area is 173 Å². The van der Waals surface area contributed by atoms with E-state index in [1.54, 1.807) is 30.3 Å². The summed E-state index contributed by atoms with van der Waals surface area (Å²) < 4.78 is 5.72. The van der Waals surface area contributed by atoms with Crippen LogP contribution in [0, 0.1) is 5.92 Å². The maximum Gasteiger partial charge on any atom is 0.313 e. The SMILES string of the molecule is CC(C)C(NC(=O)C(=O)Nc1ccc2oc(C3CC3)nc2c1)c1ccc(Cl)cc1. The van der Waals surface area contributed by atoms with E-state index in [9.17, 15) is 9.59 Å². The Balaban J connectivity index is 1.44. The lowest BCUT2D eigenvalue weighted by Crippen LogP contribution is -2.39. The number of halogens is 1. The minimum absolute atomic E-state index is 0.0975. The largest absolute Gasteiger partial charge is 0.440 e. The number of amides is 2. The second kappa shape index (κ2) is 7.87. The van der Waals surface area contributed by atoms with Gasteiger partial charge in [0.2, 0.25) is 0 Å². The first-order chi connectivity index (χ1) is 13.9. The molecule has 1 atom stereocenters. The maximum absolute atomic E-state index is 12.5. The molecule has 0 saturated heterocycles. The summed E-state index contributed by atoms with van der Waals surface area (Å²) in [6.07, 6.45) is 2.20. The molecule has 6 nitrogen and oxygen atoms in total. The highest BCUT2D eigenvalue weighted by molar-refractivity contribution is 6.39. The number of aromatic nitrogens is 1. The number of carbonyl (C=O) groups excluding carboxylic acids is 2. The van der Waals surface area contributed by atoms with Crippen molar-refractivity contribution >= 4 is 40.2 Å². The molecule has 150 valence electrons. The molecule has 0 radical (unpaired) electrons. The van der Waals surface area contributed by atoms with Crippen LogP contribution in [-0.4, -0.2) is 16.8 Å². The van der Waals surface area contributed by atoms with Crippen molar-refractivity contribution in [2.24, 2.45) is 5.92 Å². The number of oxazole rings is 1. The molecular formula is C22H22ClN3O3. The van der Waals surface area contributed by atoms with E-state index >= 15 is 0 Å². The molecule has 0 bridgehead atoms. The third-order valence-corrected chi connectivity index (χ3v) is 5.23. The van der Waals surface area contributed by atoms with Gasteiger partial charge in [-0.15, -0.1) is 0 Å². The van der Waals surface area contributed by atoms with Crippen LogP contribution in [-0.2, 0) is 9.59 Å². The first-order valence-corrected chi connectivity index (χ1v) is 10.1. The van der Waals surface area contributed by atoms with Gasteiger partial charge in [-0.2, -0.15) is 0 Å². The molecule has 2 aromatic carbocycles. The summed E-state index contributed by atoms with van der Waals surface area (Å²) in [6, 6.07) is 12.1. The average Bonchev–Trinajstić information content (AvgIpc) is 3.46. The van der Waals surface area contributed by atoms with Gasteiger partial charge < -0.3 is 15.1 Å². The number of anilines is 1. The Morgan fingerprint density at radius 1 is 1.10 bits per heavy atom. The van der Waals surface area contributed by atoms with Crippen LogP contribution in [0.5, 0.6) is 0 Å². The number of fused-ring (bicyclic) bond motifs is 1. The molecule has 1 heterocycles. The lowest BCUT2D eigenvalue weighted by atomic mass is 9.96. The highest BCUT2D eigenvalue weighted by atomic mass is 35.5. The highest BCUT2D eigenvalue weighted by Gasteiger charge is 2.29. The number of nitrogens with one attached hydrogen (secondary N) is 2. The molecular weight excluding hydrogens is 390 g/mol. The summed E-state index contributed by atoms with van der Waals surface area (Å²) in [5, 5.41) is 6.07. The molecule has 2 N–H and O–H groups in total. The van der Waals surface area contributed by atoms with Crippen molar-refractivity contribution in [1.29, 1.82) is 0 Å². The lowest BCUT2D eigenvalue weighted by Gasteiger charge is -2.22. The molecule has 1 aromatic heterocycles. The van der Waals surface area contributed by atoms with Crippen LogP contribution in [0.2, 0.25) is 5.02 Å². The Kier molecular flexibility index (Phi) is 5.28. The molecule has 1 unspecified atom stereocenters. The second-order valence-electron chi connectivity index (χ2n) is 7.71. The van der Waals surface area contributed by atoms with E-state index in [-0.39, 0.29) is 12.0 Å². The van der Waals surface area contributed by atoms with Crippen LogP contribution in [0.4, 0.5) is 5.69 Å². The number of hydrogen-bond acceptors (Lipinski definition) is 4. The minimum atomic E-state index is -0.727. The topological polar surface area (TPSA) is 84.2 Å². The third kappa shape index (κ3) is 4.43. The van der Waals surface area contributed by atoms with Gasteiger partial charge in [-0.05, 0) is 54.7 Å². The van der Waals surface area contributed by atoms with Crippen molar-refractivity contribution in [2.45, 2.75) is 38.6 Å². The van der Waals surface area contributed by atoms with Gasteiger partial charge in [-0.3, -0.25) is 9.59 Å². The predicted molar refractivity (Wildman–Crippen MR) is 112 cm³/mol. The number of benzene rings is 2. The number of hydrogen-bond donors (Lipinski definition) is 2. The van der Waals surface area contributed by atoms with Crippen LogP contribution in [0.15, 0.2) is 46.9 Å².